The van der Waals surface area contributed by atoms with Gasteiger partial charge in [0.15, 0.2) is 0 Å². The number of nitrogens with zero attached hydrogens (tertiary/aromatic N) is 1. The number of hydrogen-bond acceptors (Lipinski definition) is 3. The summed E-state index contributed by atoms with van der Waals surface area (Å²) in [7, 11) is 0. The van der Waals surface area contributed by atoms with Crippen molar-refractivity contribution in [3.63, 3.8) is 0 Å². The van der Waals surface area contributed by atoms with Crippen LogP contribution in [0.3, 0.4) is 0 Å². The third-order valence-corrected chi connectivity index (χ3v) is 3.47. The van der Waals surface area contributed by atoms with Gasteiger partial charge in [0.1, 0.15) is 0 Å². The highest BCUT2D eigenvalue weighted by molar-refractivity contribution is 6.30. The lowest BCUT2D eigenvalue weighted by molar-refractivity contribution is -0.167. The molecule has 0 aliphatic rings. The van der Waals surface area contributed by atoms with E-state index < -0.39 is 18.0 Å². The molecule has 0 radical (unpaired) electrons. The fourth-order valence-corrected chi connectivity index (χ4v) is 2.08. The molecular weight excluding hydrogens is 371 g/mol. The Bertz CT molecular complexity index is 849. The summed E-state index contributed by atoms with van der Waals surface area (Å²) in [5.41, 5.74) is 3.67. The quantitative estimate of drug-likeness (QED) is 0.619. The molecule has 0 aliphatic heterocycles. The average molecular weight is 384 g/mol. The molecule has 0 heterocycles. The molecule has 0 bridgehead atoms. The largest absolute Gasteiger partial charge is 0.471 e. The van der Waals surface area contributed by atoms with Crippen molar-refractivity contribution in [3.8, 4) is 0 Å². The molecular formula is C17H13ClF3N3O2. The van der Waals surface area contributed by atoms with Gasteiger partial charge in [0.2, 0.25) is 0 Å². The van der Waals surface area contributed by atoms with Crippen LogP contribution in [0.25, 0.3) is 0 Å². The second-order valence-corrected chi connectivity index (χ2v) is 5.61. The van der Waals surface area contributed by atoms with Crippen LogP contribution in [0.15, 0.2) is 53.6 Å². The number of benzene rings is 2. The summed E-state index contributed by atoms with van der Waals surface area (Å²) in [5, 5.41) is 6.09. The van der Waals surface area contributed by atoms with Crippen LogP contribution in [0.2, 0.25) is 5.02 Å². The summed E-state index contributed by atoms with van der Waals surface area (Å²) in [6, 6.07) is 11.9. The highest BCUT2D eigenvalue weighted by Crippen LogP contribution is 2.18. The fourth-order valence-electron chi connectivity index (χ4n) is 1.89. The molecule has 2 amide bonds. The lowest BCUT2D eigenvalue weighted by Crippen LogP contribution is -2.29. The normalized spacial score (nSPS) is 11.8. The average Bonchev–Trinajstić information content (AvgIpc) is 2.59. The molecule has 5 nitrogen and oxygen atoms in total. The van der Waals surface area contributed by atoms with E-state index >= 15 is 0 Å². The number of alkyl halides is 3. The van der Waals surface area contributed by atoms with Gasteiger partial charge >= 0.3 is 12.1 Å². The SMILES string of the molecule is C/C(=N/NC(=O)c1cccc(Cl)c1)c1ccc(NC(=O)C(F)(F)F)cc1. The maximum Gasteiger partial charge on any atom is 0.471 e. The second-order valence-electron chi connectivity index (χ2n) is 5.18. The van der Waals surface area contributed by atoms with Crippen LogP contribution < -0.4 is 10.7 Å². The number of rotatable bonds is 4. The molecule has 136 valence electrons. The van der Waals surface area contributed by atoms with Crippen molar-refractivity contribution in [1.82, 2.24) is 5.43 Å². The van der Waals surface area contributed by atoms with Gasteiger partial charge in [-0.25, -0.2) is 5.43 Å². The highest BCUT2D eigenvalue weighted by Gasteiger charge is 2.38. The fraction of sp³-hybridized carbons (Fsp3) is 0.118. The Morgan fingerprint density at radius 3 is 2.27 bits per heavy atom. The molecule has 0 aliphatic carbocycles. The molecule has 9 heteroatoms. The van der Waals surface area contributed by atoms with Crippen LogP contribution in [0.4, 0.5) is 18.9 Å². The van der Waals surface area contributed by atoms with Crippen LogP contribution in [0, 0.1) is 0 Å². The molecule has 26 heavy (non-hydrogen) atoms. The predicted octanol–water partition coefficient (Wildman–Crippen LogP) is 3.99. The van der Waals surface area contributed by atoms with E-state index in [9.17, 15) is 22.8 Å². The molecule has 0 saturated heterocycles. The lowest BCUT2D eigenvalue weighted by Gasteiger charge is -2.08. The van der Waals surface area contributed by atoms with Crippen molar-refractivity contribution >= 4 is 34.8 Å². The first-order valence-corrected chi connectivity index (χ1v) is 7.63. The van der Waals surface area contributed by atoms with Crippen LogP contribution >= 0.6 is 11.6 Å². The number of carbonyl (C=O) groups excluding carboxylic acids is 2. The van der Waals surface area contributed by atoms with Gasteiger partial charge in [0.05, 0.1) is 5.71 Å². The zero-order valence-electron chi connectivity index (χ0n) is 13.4. The Morgan fingerprint density at radius 2 is 1.69 bits per heavy atom. The summed E-state index contributed by atoms with van der Waals surface area (Å²) in [6.07, 6.45) is -4.96. The molecule has 2 N–H and O–H groups in total. The van der Waals surface area contributed by atoms with E-state index in [4.69, 9.17) is 11.6 Å². The molecule has 0 fully saturated rings. The van der Waals surface area contributed by atoms with Crippen molar-refractivity contribution < 1.29 is 22.8 Å². The van der Waals surface area contributed by atoms with Crippen LogP contribution in [0.5, 0.6) is 0 Å². The van der Waals surface area contributed by atoms with Crippen LogP contribution in [-0.2, 0) is 4.79 Å². The second kappa shape index (κ2) is 8.01. The van der Waals surface area contributed by atoms with Crippen molar-refractivity contribution in [2.75, 3.05) is 5.32 Å². The number of carbonyl (C=O) groups is 2. The van der Waals surface area contributed by atoms with Gasteiger partial charge in [-0.05, 0) is 42.8 Å². The number of hydrazone groups is 1. The van der Waals surface area contributed by atoms with Gasteiger partial charge < -0.3 is 5.32 Å². The third kappa shape index (κ3) is 5.32. The van der Waals surface area contributed by atoms with E-state index in [0.717, 1.165) is 0 Å². The molecule has 2 aromatic rings. The minimum atomic E-state index is -4.96. The van der Waals surface area contributed by atoms with Crippen LogP contribution in [0.1, 0.15) is 22.8 Å². The van der Waals surface area contributed by atoms with Crippen molar-refractivity contribution in [1.29, 1.82) is 0 Å². The monoisotopic (exact) mass is 383 g/mol. The molecule has 0 unspecified atom stereocenters. The Morgan fingerprint density at radius 1 is 1.04 bits per heavy atom. The molecule has 0 spiro atoms. The molecule has 0 atom stereocenters. The molecule has 2 rings (SSSR count). The molecule has 0 aromatic heterocycles. The summed E-state index contributed by atoms with van der Waals surface area (Å²) >= 11 is 5.81. The number of amides is 2. The van der Waals surface area contributed by atoms with Gasteiger partial charge in [-0.3, -0.25) is 9.59 Å². The summed E-state index contributed by atoms with van der Waals surface area (Å²) in [6.45, 7) is 1.61. The topological polar surface area (TPSA) is 70.6 Å². The Kier molecular flexibility index (Phi) is 5.99. The van der Waals surface area contributed by atoms with E-state index in [1.54, 1.807) is 30.4 Å². The standard InChI is InChI=1S/C17H13ClF3N3O2/c1-10(23-24-15(25)12-3-2-4-13(18)9-12)11-5-7-14(8-6-11)22-16(26)17(19,20)21/h2-9H,1H3,(H,22,26)(H,24,25)/b23-10-. The van der Waals surface area contributed by atoms with E-state index in [0.29, 0.717) is 21.9 Å². The maximum atomic E-state index is 12.2. The van der Waals surface area contributed by atoms with E-state index in [-0.39, 0.29) is 5.69 Å². The van der Waals surface area contributed by atoms with Gasteiger partial charge in [0.25, 0.3) is 5.91 Å². The Balaban J connectivity index is 2.03. The summed E-state index contributed by atoms with van der Waals surface area (Å²) in [5.74, 6) is -2.51. The van der Waals surface area contributed by atoms with Gasteiger partial charge in [-0.1, -0.05) is 29.8 Å². The van der Waals surface area contributed by atoms with E-state index in [1.165, 1.54) is 30.3 Å². The zero-order chi connectivity index (χ0) is 19.3. The predicted molar refractivity (Wildman–Crippen MR) is 92.3 cm³/mol. The highest BCUT2D eigenvalue weighted by atomic mass is 35.5. The zero-order valence-corrected chi connectivity index (χ0v) is 14.2. The van der Waals surface area contributed by atoms with Crippen molar-refractivity contribution in [3.05, 3.63) is 64.7 Å². The van der Waals surface area contributed by atoms with Gasteiger partial charge in [-0.15, -0.1) is 0 Å². The van der Waals surface area contributed by atoms with Crippen LogP contribution in [-0.4, -0.2) is 23.7 Å². The number of anilines is 1. The molecule has 2 aromatic carbocycles. The summed E-state index contributed by atoms with van der Waals surface area (Å²) in [4.78, 5) is 22.8. The van der Waals surface area contributed by atoms with Crippen molar-refractivity contribution in [2.24, 2.45) is 5.10 Å². The lowest BCUT2D eigenvalue weighted by atomic mass is 10.1. The smallest absolute Gasteiger partial charge is 0.318 e. The number of nitrogens with one attached hydrogen (secondary N) is 2. The number of hydrogen-bond donors (Lipinski definition) is 2. The van der Waals surface area contributed by atoms with Crippen molar-refractivity contribution in [2.45, 2.75) is 13.1 Å². The number of halogens is 4. The van der Waals surface area contributed by atoms with Gasteiger partial charge in [0, 0.05) is 16.3 Å². The minimum Gasteiger partial charge on any atom is -0.318 e. The van der Waals surface area contributed by atoms with Gasteiger partial charge in [-0.2, -0.15) is 18.3 Å². The van der Waals surface area contributed by atoms with E-state index in [2.05, 4.69) is 10.5 Å². The first-order valence-electron chi connectivity index (χ1n) is 7.25. The molecule has 0 saturated carbocycles. The van der Waals surface area contributed by atoms with E-state index in [1.807, 2.05) is 0 Å². The maximum absolute atomic E-state index is 12.2. The Labute approximate surface area is 151 Å². The first-order chi connectivity index (χ1) is 12.2. The Hall–Kier alpha value is -2.87. The third-order valence-electron chi connectivity index (χ3n) is 3.23. The first kappa shape index (κ1) is 19.5. The minimum absolute atomic E-state index is 0.00756. The summed E-state index contributed by atoms with van der Waals surface area (Å²) < 4.78 is 36.6.